The molecule has 6 rings (SSSR count). The van der Waals surface area contributed by atoms with Crippen molar-refractivity contribution in [2.45, 2.75) is 57.5 Å². The highest BCUT2D eigenvalue weighted by Crippen LogP contribution is 2.36. The van der Waals surface area contributed by atoms with Gasteiger partial charge >= 0.3 is 0 Å². The number of carbonyl (C=O) groups excluding carboxylic acids is 3. The second-order valence-electron chi connectivity index (χ2n) is 12.8. The van der Waals surface area contributed by atoms with E-state index in [9.17, 15) is 14.4 Å². The SMILES string of the molecule is Cc1nc(-c2cccc(NC(=O)CN3CC[C@@H]4NC(=O)[C@@H](Cc5ccccc5)NC(=O)C5(CC=CC[C@@H]4C3)CCOCC5)c2)cs1. The van der Waals surface area contributed by atoms with Crippen molar-refractivity contribution in [3.63, 3.8) is 0 Å². The number of fused-ring (bicyclic) bond motifs is 1. The van der Waals surface area contributed by atoms with Gasteiger partial charge in [0.05, 0.1) is 22.7 Å². The van der Waals surface area contributed by atoms with Crippen LogP contribution in [0.25, 0.3) is 11.3 Å². The van der Waals surface area contributed by atoms with Gasteiger partial charge in [0.2, 0.25) is 17.7 Å². The quantitative estimate of drug-likeness (QED) is 0.336. The molecule has 3 aliphatic heterocycles. The average molecular weight is 642 g/mol. The topological polar surface area (TPSA) is 113 Å². The van der Waals surface area contributed by atoms with E-state index in [2.05, 4.69) is 38.0 Å². The zero-order valence-electron chi connectivity index (χ0n) is 26.4. The van der Waals surface area contributed by atoms with Crippen LogP contribution in [0.4, 0.5) is 5.69 Å². The predicted octanol–water partition coefficient (Wildman–Crippen LogP) is 4.74. The normalized spacial score (nSPS) is 23.8. The summed E-state index contributed by atoms with van der Waals surface area (Å²) in [7, 11) is 0. The fraction of sp³-hybridized carbons (Fsp3) is 0.444. The largest absolute Gasteiger partial charge is 0.381 e. The highest BCUT2D eigenvalue weighted by Gasteiger charge is 2.41. The Hall–Kier alpha value is -3.86. The average Bonchev–Trinajstić information content (AvgIpc) is 3.50. The van der Waals surface area contributed by atoms with Crippen LogP contribution in [0, 0.1) is 18.3 Å². The number of hydrogen-bond donors (Lipinski definition) is 3. The molecule has 4 heterocycles. The maximum Gasteiger partial charge on any atom is 0.243 e. The van der Waals surface area contributed by atoms with Gasteiger partial charge in [-0.1, -0.05) is 54.6 Å². The number of nitrogens with one attached hydrogen (secondary N) is 3. The van der Waals surface area contributed by atoms with E-state index in [-0.39, 0.29) is 36.2 Å². The van der Waals surface area contributed by atoms with Gasteiger partial charge in [-0.15, -0.1) is 11.3 Å². The molecule has 9 nitrogen and oxygen atoms in total. The number of allylic oxidation sites excluding steroid dienone is 2. The van der Waals surface area contributed by atoms with Gasteiger partial charge in [-0.25, -0.2) is 4.98 Å². The Morgan fingerprint density at radius 1 is 1.09 bits per heavy atom. The number of benzene rings is 2. The maximum atomic E-state index is 13.9. The van der Waals surface area contributed by atoms with Crippen molar-refractivity contribution >= 4 is 34.7 Å². The van der Waals surface area contributed by atoms with E-state index in [1.165, 1.54) is 0 Å². The number of rotatable bonds is 6. The lowest BCUT2D eigenvalue weighted by Gasteiger charge is -2.40. The van der Waals surface area contributed by atoms with E-state index < -0.39 is 11.5 Å². The number of aromatic nitrogens is 1. The van der Waals surface area contributed by atoms with Crippen LogP contribution >= 0.6 is 11.3 Å². The molecule has 0 unspecified atom stereocenters. The van der Waals surface area contributed by atoms with Crippen molar-refractivity contribution in [2.75, 3.05) is 38.2 Å². The molecule has 0 bridgehead atoms. The van der Waals surface area contributed by atoms with Crippen molar-refractivity contribution in [1.82, 2.24) is 20.5 Å². The number of likely N-dealkylation sites (tertiary alicyclic amines) is 1. The Kier molecular flexibility index (Phi) is 10.3. The molecule has 0 saturated carbocycles. The molecule has 46 heavy (non-hydrogen) atoms. The zero-order valence-corrected chi connectivity index (χ0v) is 27.2. The number of ether oxygens (including phenoxy) is 1. The molecular weight excluding hydrogens is 598 g/mol. The van der Waals surface area contributed by atoms with E-state index in [0.29, 0.717) is 52.0 Å². The van der Waals surface area contributed by atoms with Crippen LogP contribution in [0.1, 0.15) is 42.7 Å². The van der Waals surface area contributed by atoms with Crippen LogP contribution in [0.5, 0.6) is 0 Å². The van der Waals surface area contributed by atoms with E-state index in [1.807, 2.05) is 66.9 Å². The summed E-state index contributed by atoms with van der Waals surface area (Å²) in [4.78, 5) is 47.5. The summed E-state index contributed by atoms with van der Waals surface area (Å²) >= 11 is 1.61. The molecule has 10 heteroatoms. The first-order valence-electron chi connectivity index (χ1n) is 16.3. The predicted molar refractivity (Wildman–Crippen MR) is 180 cm³/mol. The van der Waals surface area contributed by atoms with Crippen molar-refractivity contribution in [1.29, 1.82) is 0 Å². The van der Waals surface area contributed by atoms with Gasteiger partial charge in [0.15, 0.2) is 0 Å². The van der Waals surface area contributed by atoms with E-state index >= 15 is 0 Å². The summed E-state index contributed by atoms with van der Waals surface area (Å²) in [5.74, 6) is -0.150. The van der Waals surface area contributed by atoms with Crippen LogP contribution in [0.15, 0.2) is 72.1 Å². The van der Waals surface area contributed by atoms with Crippen molar-refractivity contribution < 1.29 is 19.1 Å². The molecule has 1 aromatic heterocycles. The second kappa shape index (κ2) is 14.7. The van der Waals surface area contributed by atoms with E-state index in [4.69, 9.17) is 4.74 Å². The number of anilines is 1. The van der Waals surface area contributed by atoms with Gasteiger partial charge in [-0.05, 0) is 62.6 Å². The lowest BCUT2D eigenvalue weighted by atomic mass is 9.75. The van der Waals surface area contributed by atoms with Crippen LogP contribution in [0.2, 0.25) is 0 Å². The fourth-order valence-corrected chi connectivity index (χ4v) is 7.48. The molecule has 3 aromatic rings. The number of thiazole rings is 1. The minimum Gasteiger partial charge on any atom is -0.381 e. The molecule has 2 aromatic carbocycles. The third-order valence-corrected chi connectivity index (χ3v) is 10.3. The zero-order chi connectivity index (χ0) is 31.9. The van der Waals surface area contributed by atoms with E-state index in [0.717, 1.165) is 40.4 Å². The molecule has 3 aliphatic rings. The third-order valence-electron chi connectivity index (χ3n) is 9.52. The van der Waals surface area contributed by atoms with Gasteiger partial charge in [0.25, 0.3) is 0 Å². The number of piperidine rings is 1. The van der Waals surface area contributed by atoms with E-state index in [1.54, 1.807) is 11.3 Å². The molecule has 2 saturated heterocycles. The highest BCUT2D eigenvalue weighted by molar-refractivity contribution is 7.09. The first kappa shape index (κ1) is 32.1. The standard InChI is InChI=1S/C36H43N5O4S/c1-25-37-32(24-46-25)27-11-7-12-29(21-27)38-33(42)23-41-17-13-30-28(22-41)10-5-6-14-36(15-18-45-19-16-36)35(44)40-31(34(43)39-30)20-26-8-3-2-4-9-26/h2-9,11-12,21,24,28,30-31H,10,13-20,22-23H2,1H3,(H,38,42)(H,39,43)(H,40,44)/t28-,30+,31-/m1/s1. The number of hydrogen-bond acceptors (Lipinski definition) is 7. The van der Waals surface area contributed by atoms with Crippen LogP contribution in [-0.4, -0.2) is 72.5 Å². The first-order valence-corrected chi connectivity index (χ1v) is 17.2. The van der Waals surface area contributed by atoms with Crippen molar-refractivity contribution in [2.24, 2.45) is 11.3 Å². The van der Waals surface area contributed by atoms with Gasteiger partial charge in [-0.2, -0.15) is 0 Å². The number of nitrogens with zero attached hydrogens (tertiary/aromatic N) is 2. The molecule has 3 atom stereocenters. The molecule has 2 fully saturated rings. The Bertz CT molecular complexity index is 1550. The van der Waals surface area contributed by atoms with Crippen molar-refractivity contribution in [3.05, 3.63) is 82.7 Å². The molecule has 242 valence electrons. The maximum absolute atomic E-state index is 13.9. The van der Waals surface area contributed by atoms with Gasteiger partial charge < -0.3 is 20.7 Å². The third kappa shape index (κ3) is 7.92. The van der Waals surface area contributed by atoms with Crippen LogP contribution in [0.3, 0.4) is 0 Å². The monoisotopic (exact) mass is 641 g/mol. The molecule has 3 N–H and O–H groups in total. The minimum absolute atomic E-state index is 0.0543. The lowest BCUT2D eigenvalue weighted by Crippen LogP contribution is -2.58. The van der Waals surface area contributed by atoms with Gasteiger partial charge in [-0.3, -0.25) is 19.3 Å². The molecular formula is C36H43N5O4S. The smallest absolute Gasteiger partial charge is 0.243 e. The van der Waals surface area contributed by atoms with Crippen molar-refractivity contribution in [3.8, 4) is 11.3 Å². The Morgan fingerprint density at radius 3 is 2.70 bits per heavy atom. The lowest BCUT2D eigenvalue weighted by molar-refractivity contribution is -0.140. The molecule has 3 amide bonds. The molecule has 0 radical (unpaired) electrons. The molecule has 1 spiro atoms. The first-order chi connectivity index (χ1) is 22.4. The summed E-state index contributed by atoms with van der Waals surface area (Å²) < 4.78 is 5.62. The van der Waals surface area contributed by atoms with Gasteiger partial charge in [0, 0.05) is 55.4 Å². The fourth-order valence-electron chi connectivity index (χ4n) is 6.86. The Labute approximate surface area is 274 Å². The summed E-state index contributed by atoms with van der Waals surface area (Å²) in [5.41, 5.74) is 3.04. The molecule has 0 aliphatic carbocycles. The van der Waals surface area contributed by atoms with Gasteiger partial charge in [0.1, 0.15) is 6.04 Å². The Balaban J connectivity index is 1.14. The number of carbonyl (C=O) groups is 3. The summed E-state index contributed by atoms with van der Waals surface area (Å²) in [6.45, 7) is 4.71. The van der Waals surface area contributed by atoms with Crippen LogP contribution < -0.4 is 16.0 Å². The minimum atomic E-state index is -0.675. The Morgan fingerprint density at radius 2 is 1.91 bits per heavy atom. The summed E-state index contributed by atoms with van der Waals surface area (Å²) in [5, 5.41) is 12.6. The highest BCUT2D eigenvalue weighted by atomic mass is 32.1. The summed E-state index contributed by atoms with van der Waals surface area (Å²) in [6, 6.07) is 16.9. The van der Waals surface area contributed by atoms with Crippen LogP contribution in [-0.2, 0) is 25.5 Å². The number of amides is 3. The number of aryl methyl sites for hydroxylation is 1. The summed E-state index contributed by atoms with van der Waals surface area (Å²) in [6.07, 6.45) is 8.08. The second-order valence-corrected chi connectivity index (χ2v) is 13.9.